The number of aliphatic hydroxyl groups is 1. The Morgan fingerprint density at radius 3 is 2.43 bits per heavy atom. The minimum atomic E-state index is -0.350. The van der Waals surface area contributed by atoms with Crippen LogP contribution in [-0.2, 0) is 14.2 Å². The summed E-state index contributed by atoms with van der Waals surface area (Å²) >= 11 is 0. The summed E-state index contributed by atoms with van der Waals surface area (Å²) in [6.45, 7) is 7.46. The average Bonchev–Trinajstić information content (AvgIpc) is 3.76. The SMILES string of the molecule is CO[C@@H]1[C@H](NC(=O)c2ccc(C(=O)NCCCO)cc2)CC[C@]2(CO2)[C@H]1[C@]1(C)O[C@@H]1CC=C(C)C. The highest BCUT2D eigenvalue weighted by atomic mass is 16.6. The largest absolute Gasteiger partial charge is 0.396 e. The summed E-state index contributed by atoms with van der Waals surface area (Å²) in [6.07, 6.45) is 5.07. The Kier molecular flexibility index (Phi) is 7.66. The lowest BCUT2D eigenvalue weighted by Gasteiger charge is -2.43. The van der Waals surface area contributed by atoms with E-state index in [1.807, 2.05) is 0 Å². The second-order valence-corrected chi connectivity index (χ2v) is 10.4. The molecule has 3 N–H and O–H groups in total. The molecule has 1 aromatic rings. The van der Waals surface area contributed by atoms with Gasteiger partial charge in [0, 0.05) is 37.3 Å². The van der Waals surface area contributed by atoms with Crippen LogP contribution in [0, 0.1) is 5.92 Å². The number of hydrogen-bond acceptors (Lipinski definition) is 6. The van der Waals surface area contributed by atoms with Gasteiger partial charge in [0.15, 0.2) is 0 Å². The molecule has 0 radical (unpaired) electrons. The molecule has 2 aliphatic heterocycles. The molecule has 0 unspecified atom stereocenters. The van der Waals surface area contributed by atoms with Crippen LogP contribution in [0.15, 0.2) is 35.9 Å². The van der Waals surface area contributed by atoms with Crippen molar-refractivity contribution in [2.75, 3.05) is 26.9 Å². The van der Waals surface area contributed by atoms with Crippen molar-refractivity contribution in [1.82, 2.24) is 10.6 Å². The Balaban J connectivity index is 1.42. The predicted octanol–water partition coefficient (Wildman–Crippen LogP) is 2.61. The van der Waals surface area contributed by atoms with Crippen LogP contribution in [0.4, 0.5) is 0 Å². The van der Waals surface area contributed by atoms with E-state index in [2.05, 4.69) is 37.5 Å². The lowest BCUT2D eigenvalue weighted by atomic mass is 9.67. The number of allylic oxidation sites excluding steroid dienone is 1. The van der Waals surface area contributed by atoms with Gasteiger partial charge in [-0.2, -0.15) is 0 Å². The maximum Gasteiger partial charge on any atom is 0.251 e. The monoisotopic (exact) mass is 486 g/mol. The first-order valence-corrected chi connectivity index (χ1v) is 12.5. The third-order valence-corrected chi connectivity index (χ3v) is 7.64. The third-order valence-electron chi connectivity index (χ3n) is 7.64. The number of benzene rings is 1. The molecule has 0 bridgehead atoms. The van der Waals surface area contributed by atoms with Gasteiger partial charge in [-0.15, -0.1) is 0 Å². The molecule has 35 heavy (non-hydrogen) atoms. The summed E-state index contributed by atoms with van der Waals surface area (Å²) in [7, 11) is 1.69. The second kappa shape index (κ2) is 10.4. The molecule has 1 saturated carbocycles. The van der Waals surface area contributed by atoms with Crippen molar-refractivity contribution in [3.05, 3.63) is 47.0 Å². The Morgan fingerprint density at radius 1 is 1.20 bits per heavy atom. The number of carbonyl (C=O) groups is 2. The summed E-state index contributed by atoms with van der Waals surface area (Å²) in [5.41, 5.74) is 1.65. The van der Waals surface area contributed by atoms with Gasteiger partial charge in [0.1, 0.15) is 5.60 Å². The standard InChI is InChI=1S/C27H38N2O6/c1-17(2)6-11-21-26(3,35-21)23-22(33-4)20(12-13-27(23)16-34-27)29-25(32)19-9-7-18(8-10-19)24(31)28-14-5-15-30/h6-10,20-23,30H,5,11-16H2,1-4H3,(H,28,31)(H,29,32)/t20-,21-,22-,23-,26-,27+/m1/s1. The van der Waals surface area contributed by atoms with E-state index in [1.165, 1.54) is 5.57 Å². The zero-order chi connectivity index (χ0) is 25.2. The van der Waals surface area contributed by atoms with Crippen LogP contribution in [0.25, 0.3) is 0 Å². The van der Waals surface area contributed by atoms with Gasteiger partial charge in [-0.3, -0.25) is 9.59 Å². The van der Waals surface area contributed by atoms with E-state index in [0.29, 0.717) is 30.7 Å². The van der Waals surface area contributed by atoms with Gasteiger partial charge in [-0.05, 0) is 70.7 Å². The normalized spacial score (nSPS) is 33.2. The molecule has 4 rings (SSSR count). The molecule has 0 aromatic heterocycles. The first kappa shape index (κ1) is 25.8. The minimum Gasteiger partial charge on any atom is -0.396 e. The van der Waals surface area contributed by atoms with Crippen molar-refractivity contribution in [1.29, 1.82) is 0 Å². The van der Waals surface area contributed by atoms with Crippen LogP contribution in [0.2, 0.25) is 0 Å². The summed E-state index contributed by atoms with van der Waals surface area (Å²) in [5, 5.41) is 14.8. The zero-order valence-electron chi connectivity index (χ0n) is 21.1. The number of rotatable bonds is 10. The van der Waals surface area contributed by atoms with Crippen LogP contribution < -0.4 is 10.6 Å². The molecule has 1 aromatic carbocycles. The Labute approximate surface area is 207 Å². The van der Waals surface area contributed by atoms with E-state index < -0.39 is 0 Å². The fourth-order valence-corrected chi connectivity index (χ4v) is 5.55. The molecule has 8 heteroatoms. The van der Waals surface area contributed by atoms with Crippen molar-refractivity contribution in [2.45, 2.75) is 75.9 Å². The maximum absolute atomic E-state index is 13.1. The van der Waals surface area contributed by atoms with Gasteiger partial charge in [0.25, 0.3) is 11.8 Å². The maximum atomic E-state index is 13.1. The number of methoxy groups -OCH3 is 1. The van der Waals surface area contributed by atoms with Crippen LogP contribution in [0.1, 0.15) is 67.2 Å². The molecule has 1 spiro atoms. The van der Waals surface area contributed by atoms with Crippen LogP contribution >= 0.6 is 0 Å². The zero-order valence-corrected chi connectivity index (χ0v) is 21.1. The highest BCUT2D eigenvalue weighted by Gasteiger charge is 2.71. The average molecular weight is 487 g/mol. The van der Waals surface area contributed by atoms with Gasteiger partial charge in [0.2, 0.25) is 0 Å². The first-order valence-electron chi connectivity index (χ1n) is 12.5. The van der Waals surface area contributed by atoms with Crippen molar-refractivity contribution >= 4 is 11.8 Å². The molecule has 2 saturated heterocycles. The molecule has 3 fully saturated rings. The number of carbonyl (C=O) groups excluding carboxylic acids is 2. The van der Waals surface area contributed by atoms with Gasteiger partial charge in [-0.25, -0.2) is 0 Å². The molecule has 2 heterocycles. The number of hydrogen-bond donors (Lipinski definition) is 3. The van der Waals surface area contributed by atoms with Crippen molar-refractivity contribution in [2.24, 2.45) is 5.92 Å². The lowest BCUT2D eigenvalue weighted by Crippen LogP contribution is -2.59. The topological polar surface area (TPSA) is 113 Å². The molecule has 6 atom stereocenters. The molecule has 8 nitrogen and oxygen atoms in total. The minimum absolute atomic E-state index is 0.0263. The van der Waals surface area contributed by atoms with Gasteiger partial charge in [-0.1, -0.05) is 11.6 Å². The molecule has 3 aliphatic rings. The number of amides is 2. The molecule has 2 amide bonds. The van der Waals surface area contributed by atoms with Crippen molar-refractivity contribution < 1.29 is 28.9 Å². The number of nitrogens with one attached hydrogen (secondary N) is 2. The van der Waals surface area contributed by atoms with Gasteiger partial charge in [0.05, 0.1) is 30.5 Å². The molecule has 192 valence electrons. The Hall–Kier alpha value is -2.26. The highest BCUT2D eigenvalue weighted by Crippen LogP contribution is 2.59. The van der Waals surface area contributed by atoms with Crippen LogP contribution in [-0.4, -0.2) is 73.2 Å². The summed E-state index contributed by atoms with van der Waals surface area (Å²) in [6, 6.07) is 6.43. The molecular weight excluding hydrogens is 448 g/mol. The summed E-state index contributed by atoms with van der Waals surface area (Å²) in [4.78, 5) is 25.3. The Bertz CT molecular complexity index is 953. The Morgan fingerprint density at radius 2 is 1.86 bits per heavy atom. The van der Waals surface area contributed by atoms with Crippen LogP contribution in [0.3, 0.4) is 0 Å². The van der Waals surface area contributed by atoms with E-state index in [1.54, 1.807) is 31.4 Å². The predicted molar refractivity (Wildman–Crippen MR) is 131 cm³/mol. The first-order chi connectivity index (χ1) is 16.7. The third kappa shape index (κ3) is 5.45. The fourth-order valence-electron chi connectivity index (χ4n) is 5.55. The van der Waals surface area contributed by atoms with Crippen molar-refractivity contribution in [3.63, 3.8) is 0 Å². The lowest BCUT2D eigenvalue weighted by molar-refractivity contribution is -0.0660. The number of epoxide rings is 2. The van der Waals surface area contributed by atoms with Gasteiger partial charge >= 0.3 is 0 Å². The van der Waals surface area contributed by atoms with Crippen LogP contribution in [0.5, 0.6) is 0 Å². The van der Waals surface area contributed by atoms with E-state index >= 15 is 0 Å². The summed E-state index contributed by atoms with van der Waals surface area (Å²) < 4.78 is 18.2. The van der Waals surface area contributed by atoms with E-state index in [-0.39, 0.29) is 53.8 Å². The van der Waals surface area contributed by atoms with Gasteiger partial charge < -0.3 is 30.0 Å². The van der Waals surface area contributed by atoms with E-state index in [0.717, 1.165) is 19.3 Å². The second-order valence-electron chi connectivity index (χ2n) is 10.4. The smallest absolute Gasteiger partial charge is 0.251 e. The quantitative estimate of drug-likeness (QED) is 0.266. The fraction of sp³-hybridized carbons (Fsp3) is 0.630. The summed E-state index contributed by atoms with van der Waals surface area (Å²) in [5.74, 6) is -0.395. The highest BCUT2D eigenvalue weighted by molar-refractivity contribution is 5.97. The number of aliphatic hydroxyl groups excluding tert-OH is 1. The molecular formula is C27H38N2O6. The van der Waals surface area contributed by atoms with E-state index in [4.69, 9.17) is 19.3 Å². The molecule has 1 aliphatic carbocycles. The van der Waals surface area contributed by atoms with Crippen molar-refractivity contribution in [3.8, 4) is 0 Å². The van der Waals surface area contributed by atoms with E-state index in [9.17, 15) is 9.59 Å². The number of ether oxygens (including phenoxy) is 3.